The molecule has 1 saturated carbocycles. The second-order valence-electron chi connectivity index (χ2n) is 6.50. The van der Waals surface area contributed by atoms with Gasteiger partial charge in [0, 0.05) is 19.2 Å². The van der Waals surface area contributed by atoms with Gasteiger partial charge in [0.1, 0.15) is 0 Å². The Morgan fingerprint density at radius 1 is 1.18 bits per heavy atom. The lowest BCUT2D eigenvalue weighted by Gasteiger charge is -2.32. The van der Waals surface area contributed by atoms with Crippen LogP contribution in [-0.4, -0.2) is 24.3 Å². The first-order valence-electron chi connectivity index (χ1n) is 7.41. The maximum Gasteiger partial charge on any atom is 0.0431 e. The van der Waals surface area contributed by atoms with Crippen molar-refractivity contribution in [2.75, 3.05) is 13.2 Å². The third-order valence-electron chi connectivity index (χ3n) is 4.31. The number of hydrogen-bond acceptors (Lipinski definition) is 2. The highest BCUT2D eigenvalue weighted by Crippen LogP contribution is 2.27. The monoisotopic (exact) mass is 241 g/mol. The van der Waals surface area contributed by atoms with Crippen molar-refractivity contribution in [3.05, 3.63) is 0 Å². The van der Waals surface area contributed by atoms with Gasteiger partial charge in [0.2, 0.25) is 0 Å². The molecule has 17 heavy (non-hydrogen) atoms. The van der Waals surface area contributed by atoms with Crippen LogP contribution >= 0.6 is 0 Å². The number of aliphatic hydroxyl groups excluding tert-OH is 1. The van der Waals surface area contributed by atoms with E-state index in [0.29, 0.717) is 12.0 Å². The van der Waals surface area contributed by atoms with E-state index in [1.165, 1.54) is 32.1 Å². The first-order valence-corrected chi connectivity index (χ1v) is 7.41. The highest BCUT2D eigenvalue weighted by atomic mass is 16.2. The van der Waals surface area contributed by atoms with Crippen molar-refractivity contribution >= 4 is 0 Å². The molecule has 0 aromatic carbocycles. The Labute approximate surface area is 107 Å². The number of hydrogen-bond donors (Lipinski definition) is 2. The Bertz CT molecular complexity index is 195. The minimum absolute atomic E-state index is 0.324. The molecule has 1 aliphatic carbocycles. The van der Waals surface area contributed by atoms with Crippen LogP contribution in [0.2, 0.25) is 0 Å². The van der Waals surface area contributed by atoms with E-state index in [-0.39, 0.29) is 0 Å². The summed E-state index contributed by atoms with van der Waals surface area (Å²) >= 11 is 0. The Hall–Kier alpha value is -0.0800. The molecular weight excluding hydrogens is 210 g/mol. The molecule has 2 N–H and O–H groups in total. The summed E-state index contributed by atoms with van der Waals surface area (Å²) in [6.07, 6.45) is 8.92. The average Bonchev–Trinajstić information content (AvgIpc) is 2.35. The van der Waals surface area contributed by atoms with E-state index < -0.39 is 0 Å². The van der Waals surface area contributed by atoms with Gasteiger partial charge in [0.15, 0.2) is 0 Å². The van der Waals surface area contributed by atoms with Gasteiger partial charge in [-0.2, -0.15) is 0 Å². The molecule has 102 valence electrons. The molecule has 0 spiro atoms. The first-order chi connectivity index (χ1) is 8.07. The van der Waals surface area contributed by atoms with Crippen LogP contribution in [0.15, 0.2) is 0 Å². The SMILES string of the molecule is CCC1CCC(NCC(C)(C)CCCO)CC1. The highest BCUT2D eigenvalue weighted by Gasteiger charge is 2.23. The molecule has 0 bridgehead atoms. The maximum atomic E-state index is 8.88. The van der Waals surface area contributed by atoms with Gasteiger partial charge in [0.25, 0.3) is 0 Å². The second-order valence-corrected chi connectivity index (χ2v) is 6.50. The molecule has 1 fully saturated rings. The van der Waals surface area contributed by atoms with Gasteiger partial charge in [-0.15, -0.1) is 0 Å². The van der Waals surface area contributed by atoms with Crippen molar-refractivity contribution in [2.24, 2.45) is 11.3 Å². The zero-order valence-corrected chi connectivity index (χ0v) is 12.0. The first kappa shape index (κ1) is 15.0. The molecule has 0 aromatic rings. The summed E-state index contributed by atoms with van der Waals surface area (Å²) < 4.78 is 0. The Morgan fingerprint density at radius 3 is 2.35 bits per heavy atom. The van der Waals surface area contributed by atoms with Crippen LogP contribution < -0.4 is 5.32 Å². The molecule has 0 saturated heterocycles. The molecule has 0 amide bonds. The molecule has 0 radical (unpaired) electrons. The lowest BCUT2D eigenvalue weighted by molar-refractivity contribution is 0.216. The van der Waals surface area contributed by atoms with Gasteiger partial charge in [-0.3, -0.25) is 0 Å². The highest BCUT2D eigenvalue weighted by molar-refractivity contribution is 4.80. The summed E-state index contributed by atoms with van der Waals surface area (Å²) in [5.41, 5.74) is 0.324. The number of nitrogens with one attached hydrogen (secondary N) is 1. The zero-order valence-electron chi connectivity index (χ0n) is 12.0. The molecule has 1 aliphatic rings. The molecule has 0 aliphatic heterocycles. The lowest BCUT2D eigenvalue weighted by Crippen LogP contribution is -2.39. The molecular formula is C15H31NO. The van der Waals surface area contributed by atoms with Crippen LogP contribution in [0.1, 0.15) is 65.7 Å². The topological polar surface area (TPSA) is 32.3 Å². The fraction of sp³-hybridized carbons (Fsp3) is 1.00. The third-order valence-corrected chi connectivity index (χ3v) is 4.31. The third kappa shape index (κ3) is 5.87. The Balaban J connectivity index is 2.18. The van der Waals surface area contributed by atoms with Crippen molar-refractivity contribution in [3.8, 4) is 0 Å². The molecule has 0 aromatic heterocycles. The maximum absolute atomic E-state index is 8.88. The van der Waals surface area contributed by atoms with E-state index in [0.717, 1.165) is 31.3 Å². The van der Waals surface area contributed by atoms with Gasteiger partial charge >= 0.3 is 0 Å². The van der Waals surface area contributed by atoms with E-state index in [2.05, 4.69) is 26.1 Å². The summed E-state index contributed by atoms with van der Waals surface area (Å²) in [4.78, 5) is 0. The van der Waals surface area contributed by atoms with E-state index in [1.807, 2.05) is 0 Å². The summed E-state index contributed by atoms with van der Waals surface area (Å²) in [7, 11) is 0. The molecule has 2 heteroatoms. The van der Waals surface area contributed by atoms with Crippen molar-refractivity contribution in [1.82, 2.24) is 5.32 Å². The average molecular weight is 241 g/mol. The van der Waals surface area contributed by atoms with Gasteiger partial charge in [-0.05, 0) is 49.9 Å². The second kappa shape index (κ2) is 7.38. The fourth-order valence-corrected chi connectivity index (χ4v) is 2.84. The minimum atomic E-state index is 0.324. The van der Waals surface area contributed by atoms with Crippen LogP contribution in [0.5, 0.6) is 0 Å². The Kier molecular flexibility index (Phi) is 6.50. The quantitative estimate of drug-likeness (QED) is 0.716. The summed E-state index contributed by atoms with van der Waals surface area (Å²) in [5.74, 6) is 0.982. The van der Waals surface area contributed by atoms with Crippen molar-refractivity contribution in [3.63, 3.8) is 0 Å². The molecule has 0 atom stereocenters. The van der Waals surface area contributed by atoms with E-state index in [9.17, 15) is 0 Å². The largest absolute Gasteiger partial charge is 0.396 e. The lowest BCUT2D eigenvalue weighted by atomic mass is 9.83. The molecule has 0 unspecified atom stereocenters. The fourth-order valence-electron chi connectivity index (χ4n) is 2.84. The van der Waals surface area contributed by atoms with Crippen LogP contribution in [-0.2, 0) is 0 Å². The van der Waals surface area contributed by atoms with Gasteiger partial charge in [-0.1, -0.05) is 27.2 Å². The van der Waals surface area contributed by atoms with Crippen LogP contribution in [0.3, 0.4) is 0 Å². The molecule has 1 rings (SSSR count). The minimum Gasteiger partial charge on any atom is -0.396 e. The van der Waals surface area contributed by atoms with Crippen molar-refractivity contribution in [2.45, 2.75) is 71.8 Å². The predicted molar refractivity (Wildman–Crippen MR) is 74.1 cm³/mol. The smallest absolute Gasteiger partial charge is 0.0431 e. The number of aliphatic hydroxyl groups is 1. The predicted octanol–water partition coefficient (Wildman–Crippen LogP) is 3.34. The summed E-state index contributed by atoms with van der Waals surface area (Å²) in [5, 5.41) is 12.6. The normalized spacial score (nSPS) is 26.1. The van der Waals surface area contributed by atoms with Crippen LogP contribution in [0.4, 0.5) is 0 Å². The van der Waals surface area contributed by atoms with E-state index in [1.54, 1.807) is 0 Å². The van der Waals surface area contributed by atoms with Crippen molar-refractivity contribution in [1.29, 1.82) is 0 Å². The molecule has 2 nitrogen and oxygen atoms in total. The van der Waals surface area contributed by atoms with E-state index >= 15 is 0 Å². The van der Waals surface area contributed by atoms with Gasteiger partial charge < -0.3 is 10.4 Å². The van der Waals surface area contributed by atoms with Gasteiger partial charge in [-0.25, -0.2) is 0 Å². The zero-order chi connectivity index (χ0) is 12.7. The standard InChI is InChI=1S/C15H31NO/c1-4-13-6-8-14(9-7-13)16-12-15(2,3)10-5-11-17/h13-14,16-17H,4-12H2,1-3H3. The molecule has 0 heterocycles. The van der Waals surface area contributed by atoms with Gasteiger partial charge in [0.05, 0.1) is 0 Å². The summed E-state index contributed by atoms with van der Waals surface area (Å²) in [6.45, 7) is 8.33. The number of rotatable bonds is 7. The summed E-state index contributed by atoms with van der Waals surface area (Å²) in [6, 6.07) is 0.742. The van der Waals surface area contributed by atoms with Crippen LogP contribution in [0.25, 0.3) is 0 Å². The van der Waals surface area contributed by atoms with E-state index in [4.69, 9.17) is 5.11 Å². The van der Waals surface area contributed by atoms with Crippen LogP contribution in [0, 0.1) is 11.3 Å². The Morgan fingerprint density at radius 2 is 1.82 bits per heavy atom. The van der Waals surface area contributed by atoms with Crippen molar-refractivity contribution < 1.29 is 5.11 Å².